The maximum atomic E-state index is 13.0. The largest absolute Gasteiger partial charge is 0.394 e. The topological polar surface area (TPSA) is 149 Å². The Balaban J connectivity index is 2.22. The third kappa shape index (κ3) is 34.5. The minimum absolute atomic E-state index is 0.156. The second-order valence-electron chi connectivity index (χ2n) is 18.6. The van der Waals surface area contributed by atoms with Gasteiger partial charge in [-0.1, -0.05) is 229 Å². The number of carbonyl (C=O) groups excluding carboxylic acids is 1. The van der Waals surface area contributed by atoms with Gasteiger partial charge in [-0.15, -0.1) is 0 Å². The van der Waals surface area contributed by atoms with Crippen molar-refractivity contribution in [1.29, 1.82) is 0 Å². The van der Waals surface area contributed by atoms with Crippen molar-refractivity contribution in [3.8, 4) is 0 Å². The highest BCUT2D eigenvalue weighted by atomic mass is 16.7. The van der Waals surface area contributed by atoms with Gasteiger partial charge in [-0.2, -0.15) is 0 Å². The molecular weight excluding hydrogens is 803 g/mol. The Hall–Kier alpha value is -1.85. The van der Waals surface area contributed by atoms with E-state index >= 15 is 0 Å². The number of aliphatic hydroxyl groups is 5. The number of carbonyl (C=O) groups is 1. The predicted molar refractivity (Wildman–Crippen MR) is 267 cm³/mol. The summed E-state index contributed by atoms with van der Waals surface area (Å²) in [5, 5.41) is 54.5. The molecule has 64 heavy (non-hydrogen) atoms. The Morgan fingerprint density at radius 1 is 0.547 bits per heavy atom. The lowest BCUT2D eigenvalue weighted by atomic mass is 9.99. The maximum Gasteiger partial charge on any atom is 0.220 e. The normalized spacial score (nSPS) is 20.4. The Kier molecular flexibility index (Phi) is 42.3. The van der Waals surface area contributed by atoms with Crippen LogP contribution in [0.5, 0.6) is 0 Å². The van der Waals surface area contributed by atoms with Crippen LogP contribution in [-0.2, 0) is 14.3 Å². The molecule has 9 heteroatoms. The lowest BCUT2D eigenvalue weighted by Crippen LogP contribution is -2.60. The summed E-state index contributed by atoms with van der Waals surface area (Å²) in [5.74, 6) is -0.184. The fourth-order valence-corrected chi connectivity index (χ4v) is 8.45. The zero-order valence-electron chi connectivity index (χ0n) is 41.3. The molecule has 6 N–H and O–H groups in total. The van der Waals surface area contributed by atoms with Gasteiger partial charge >= 0.3 is 0 Å². The second-order valence-corrected chi connectivity index (χ2v) is 18.6. The quantitative estimate of drug-likeness (QED) is 0.0261. The Bertz CT molecular complexity index is 1140. The van der Waals surface area contributed by atoms with Gasteiger partial charge in [-0.3, -0.25) is 4.79 Å². The Morgan fingerprint density at radius 2 is 0.969 bits per heavy atom. The summed E-state index contributed by atoms with van der Waals surface area (Å²) < 4.78 is 11.3. The highest BCUT2D eigenvalue weighted by Crippen LogP contribution is 2.23. The molecule has 374 valence electrons. The molecule has 1 amide bonds. The van der Waals surface area contributed by atoms with E-state index in [0.29, 0.717) is 19.3 Å². The molecule has 1 saturated heterocycles. The number of allylic oxidation sites excluding steroid dienone is 8. The molecule has 0 spiro atoms. The summed E-state index contributed by atoms with van der Waals surface area (Å²) in [6.07, 6.45) is 51.4. The average Bonchev–Trinajstić information content (AvgIpc) is 3.29. The summed E-state index contributed by atoms with van der Waals surface area (Å²) in [7, 11) is 0. The van der Waals surface area contributed by atoms with Gasteiger partial charge in [0.15, 0.2) is 6.29 Å². The van der Waals surface area contributed by atoms with E-state index in [2.05, 4.69) is 67.8 Å². The fourth-order valence-electron chi connectivity index (χ4n) is 8.45. The maximum absolute atomic E-state index is 13.0. The molecule has 0 saturated carbocycles. The first kappa shape index (κ1) is 60.2. The van der Waals surface area contributed by atoms with Crippen molar-refractivity contribution in [1.82, 2.24) is 5.32 Å². The van der Waals surface area contributed by atoms with E-state index in [-0.39, 0.29) is 12.5 Å². The highest BCUT2D eigenvalue weighted by molar-refractivity contribution is 5.76. The molecule has 9 nitrogen and oxygen atoms in total. The van der Waals surface area contributed by atoms with E-state index in [1.807, 2.05) is 0 Å². The van der Waals surface area contributed by atoms with Gasteiger partial charge in [0.1, 0.15) is 24.4 Å². The number of ether oxygens (including phenoxy) is 2. The van der Waals surface area contributed by atoms with Crippen LogP contribution in [0.4, 0.5) is 0 Å². The molecule has 1 rings (SSSR count). The van der Waals surface area contributed by atoms with Gasteiger partial charge in [0, 0.05) is 6.42 Å². The molecular formula is C55H101NO8. The Morgan fingerprint density at radius 3 is 1.41 bits per heavy atom. The van der Waals surface area contributed by atoms with Gasteiger partial charge in [0.05, 0.1) is 25.4 Å². The van der Waals surface area contributed by atoms with Crippen molar-refractivity contribution < 1.29 is 39.8 Å². The first-order valence-corrected chi connectivity index (χ1v) is 26.8. The number of rotatable bonds is 45. The van der Waals surface area contributed by atoms with Crippen LogP contribution in [-0.4, -0.2) is 87.5 Å². The molecule has 0 aliphatic carbocycles. The zero-order valence-corrected chi connectivity index (χ0v) is 41.3. The van der Waals surface area contributed by atoms with Gasteiger partial charge in [0.25, 0.3) is 0 Å². The molecule has 0 aromatic heterocycles. The summed E-state index contributed by atoms with van der Waals surface area (Å²) >= 11 is 0. The van der Waals surface area contributed by atoms with Crippen LogP contribution >= 0.6 is 0 Å². The Labute approximate surface area is 393 Å². The van der Waals surface area contributed by atoms with Crippen molar-refractivity contribution in [2.24, 2.45) is 0 Å². The average molecular weight is 904 g/mol. The van der Waals surface area contributed by atoms with Gasteiger partial charge in [-0.25, -0.2) is 0 Å². The van der Waals surface area contributed by atoms with Crippen LogP contribution in [0.25, 0.3) is 0 Å². The number of hydrogen-bond donors (Lipinski definition) is 6. The summed E-state index contributed by atoms with van der Waals surface area (Å²) in [6, 6.07) is -0.742. The van der Waals surface area contributed by atoms with E-state index in [4.69, 9.17) is 9.47 Å². The van der Waals surface area contributed by atoms with Crippen molar-refractivity contribution >= 4 is 5.91 Å². The van der Waals surface area contributed by atoms with Crippen LogP contribution in [0, 0.1) is 0 Å². The SMILES string of the molecule is CC/C=C\C/C=C\C/C=C\C/C=C\CCCCC(=O)NC(COC1OC(CO)C(O)C(O)C1O)C(O)CCCCCCCCCCCCCCCCCCCCCCCCCCCC. The highest BCUT2D eigenvalue weighted by Gasteiger charge is 2.44. The number of hydrogen-bond acceptors (Lipinski definition) is 8. The van der Waals surface area contributed by atoms with E-state index in [1.165, 1.54) is 148 Å². The molecule has 0 bridgehead atoms. The molecule has 0 aromatic carbocycles. The molecule has 1 aliphatic rings. The lowest BCUT2D eigenvalue weighted by molar-refractivity contribution is -0.302. The van der Waals surface area contributed by atoms with Crippen molar-refractivity contribution in [3.63, 3.8) is 0 Å². The third-order valence-corrected chi connectivity index (χ3v) is 12.7. The van der Waals surface area contributed by atoms with Crippen molar-refractivity contribution in [3.05, 3.63) is 48.6 Å². The molecule has 0 radical (unpaired) electrons. The minimum Gasteiger partial charge on any atom is -0.394 e. The van der Waals surface area contributed by atoms with Gasteiger partial charge < -0.3 is 40.3 Å². The smallest absolute Gasteiger partial charge is 0.220 e. The fraction of sp³-hybridized carbons (Fsp3) is 0.836. The van der Waals surface area contributed by atoms with Crippen LogP contribution < -0.4 is 5.32 Å². The second kappa shape index (κ2) is 45.0. The molecule has 7 atom stereocenters. The van der Waals surface area contributed by atoms with Crippen molar-refractivity contribution in [2.45, 2.75) is 281 Å². The molecule has 0 aromatic rings. The first-order chi connectivity index (χ1) is 31.3. The number of amides is 1. The number of unbranched alkanes of at least 4 members (excludes halogenated alkanes) is 27. The minimum atomic E-state index is -1.56. The lowest BCUT2D eigenvalue weighted by Gasteiger charge is -2.40. The van der Waals surface area contributed by atoms with Crippen LogP contribution in [0.2, 0.25) is 0 Å². The summed E-state index contributed by atoms with van der Waals surface area (Å²) in [4.78, 5) is 13.0. The molecule has 1 aliphatic heterocycles. The van der Waals surface area contributed by atoms with E-state index in [9.17, 15) is 30.3 Å². The molecule has 1 fully saturated rings. The summed E-state index contributed by atoms with van der Waals surface area (Å²) in [5.41, 5.74) is 0. The first-order valence-electron chi connectivity index (χ1n) is 26.8. The van der Waals surface area contributed by atoms with E-state index in [1.54, 1.807) is 0 Å². The van der Waals surface area contributed by atoms with Crippen LogP contribution in [0.15, 0.2) is 48.6 Å². The standard InChI is InChI=1S/C55H101NO8/c1-3-5-7-9-11-13-15-17-19-20-21-22-23-24-25-26-27-28-29-31-32-34-36-38-40-42-44-49(58)48(47-63-55-54(62)53(61)52(60)50(46-57)64-55)56-51(59)45-43-41-39-37-35-33-30-18-16-14-12-10-8-6-4-2/h6,8,12,14,18,30,35,37,48-50,52-55,57-58,60-62H,3-5,7,9-11,13,15-17,19-29,31-34,36,38-47H2,1-2H3,(H,56,59)/b8-6-,14-12-,30-18-,37-35-. The number of nitrogens with one attached hydrogen (secondary N) is 1. The number of aliphatic hydroxyl groups excluding tert-OH is 5. The molecule has 7 unspecified atom stereocenters. The van der Waals surface area contributed by atoms with Crippen LogP contribution in [0.3, 0.4) is 0 Å². The third-order valence-electron chi connectivity index (χ3n) is 12.7. The van der Waals surface area contributed by atoms with Crippen molar-refractivity contribution in [2.75, 3.05) is 13.2 Å². The molecule has 1 heterocycles. The van der Waals surface area contributed by atoms with E-state index < -0.39 is 49.5 Å². The van der Waals surface area contributed by atoms with E-state index in [0.717, 1.165) is 57.8 Å². The monoisotopic (exact) mass is 904 g/mol. The van der Waals surface area contributed by atoms with Crippen LogP contribution in [0.1, 0.15) is 239 Å². The van der Waals surface area contributed by atoms with Gasteiger partial charge in [0.2, 0.25) is 5.91 Å². The zero-order chi connectivity index (χ0) is 46.6. The summed E-state index contributed by atoms with van der Waals surface area (Å²) in [6.45, 7) is 3.71. The predicted octanol–water partition coefficient (Wildman–Crippen LogP) is 12.6. The van der Waals surface area contributed by atoms with Gasteiger partial charge in [-0.05, 0) is 51.4 Å².